The van der Waals surface area contributed by atoms with E-state index in [-0.39, 0.29) is 0 Å². The van der Waals surface area contributed by atoms with E-state index in [1.54, 1.807) is 0 Å². The van der Waals surface area contributed by atoms with E-state index in [0.717, 1.165) is 0 Å². The molecule has 0 nitrogen and oxygen atoms in total. The van der Waals surface area contributed by atoms with Gasteiger partial charge >= 0.3 is 12.4 Å². The van der Waals surface area contributed by atoms with E-state index < -0.39 is 25.2 Å². The molecule has 0 rings (SSSR count). The fourth-order valence-corrected chi connectivity index (χ4v) is 0.434. The van der Waals surface area contributed by atoms with Gasteiger partial charge in [-0.15, -0.1) is 0 Å². The molecule has 0 aromatic rings. The van der Waals surface area contributed by atoms with Crippen LogP contribution in [-0.2, 0) is 0 Å². The molecule has 0 saturated heterocycles. The molecule has 0 radical (unpaired) electrons. The van der Waals surface area contributed by atoms with Crippen LogP contribution >= 0.6 is 0 Å². The zero-order valence-corrected chi connectivity index (χ0v) is 5.84. The van der Waals surface area contributed by atoms with Gasteiger partial charge in [0.25, 0.3) is 0 Å². The molecule has 0 heterocycles. The van der Waals surface area contributed by atoms with E-state index in [2.05, 4.69) is 0 Å². The van der Waals surface area contributed by atoms with Crippen molar-refractivity contribution in [2.45, 2.75) is 25.2 Å². The van der Waals surface area contributed by atoms with Crippen molar-refractivity contribution in [3.05, 3.63) is 12.2 Å². The fraction of sp³-hybridized carbons (Fsp3) is 0.667. The smallest absolute Gasteiger partial charge is 0.171 e. The number of hydrogen-bond donors (Lipinski definition) is 0. The largest absolute Gasteiger partial charge is 0.392 e. The average Bonchev–Trinajstić information content (AvgIpc) is 1.76. The fourth-order valence-electron chi connectivity index (χ4n) is 0.434. The highest BCUT2D eigenvalue weighted by Crippen LogP contribution is 2.22. The Morgan fingerprint density at radius 3 is 1.08 bits per heavy atom. The van der Waals surface area contributed by atoms with E-state index in [0.29, 0.717) is 12.2 Å². The third kappa shape index (κ3) is 9.32. The van der Waals surface area contributed by atoms with Crippen molar-refractivity contribution in [1.82, 2.24) is 0 Å². The summed E-state index contributed by atoms with van der Waals surface area (Å²) >= 11 is 0. The molecule has 0 aliphatic rings. The Bertz CT molecular complexity index is 132. The second-order valence-electron chi connectivity index (χ2n) is 2.11. The molecule has 0 saturated carbocycles. The molecule has 0 aromatic carbocycles. The topological polar surface area (TPSA) is 0 Å². The lowest BCUT2D eigenvalue weighted by Crippen LogP contribution is -2.06. The lowest BCUT2D eigenvalue weighted by molar-refractivity contribution is -0.129. The first kappa shape index (κ1) is 11.3. The molecule has 0 unspecified atom stereocenters. The van der Waals surface area contributed by atoms with Gasteiger partial charge in [0, 0.05) is 0 Å². The third-order valence-electron chi connectivity index (χ3n) is 0.865. The molecular weight excluding hydrogens is 186 g/mol. The molecule has 0 aliphatic carbocycles. The van der Waals surface area contributed by atoms with Crippen LogP contribution in [0.2, 0.25) is 0 Å². The molecule has 0 N–H and O–H groups in total. The molecule has 0 spiro atoms. The number of halogens is 6. The Kier molecular flexibility index (Phi) is 3.60. The van der Waals surface area contributed by atoms with Crippen molar-refractivity contribution in [1.29, 1.82) is 0 Å². The summed E-state index contributed by atoms with van der Waals surface area (Å²) in [6, 6.07) is 0. The molecule has 0 atom stereocenters. The highest BCUT2D eigenvalue weighted by atomic mass is 19.4. The average molecular weight is 192 g/mol. The van der Waals surface area contributed by atoms with Crippen LogP contribution in [0.5, 0.6) is 0 Å². The number of allylic oxidation sites excluding steroid dienone is 2. The van der Waals surface area contributed by atoms with Crippen LogP contribution in [0.4, 0.5) is 26.3 Å². The van der Waals surface area contributed by atoms with Crippen molar-refractivity contribution in [3.8, 4) is 0 Å². The first-order valence-electron chi connectivity index (χ1n) is 2.99. The predicted molar refractivity (Wildman–Crippen MR) is 30.5 cm³/mol. The predicted octanol–water partition coefficient (Wildman–Crippen LogP) is 3.45. The van der Waals surface area contributed by atoms with Crippen molar-refractivity contribution in [2.24, 2.45) is 0 Å². The van der Waals surface area contributed by atoms with E-state index in [9.17, 15) is 26.3 Å². The lowest BCUT2D eigenvalue weighted by atomic mass is 10.3. The van der Waals surface area contributed by atoms with E-state index in [1.807, 2.05) is 0 Å². The van der Waals surface area contributed by atoms with Crippen molar-refractivity contribution >= 4 is 0 Å². The SMILES string of the molecule is FC(F)(F)CC=CCC(F)(F)F. The number of alkyl halides is 6. The first-order valence-corrected chi connectivity index (χ1v) is 2.99. The molecule has 0 bridgehead atoms. The minimum absolute atomic E-state index is 0.466. The normalized spacial score (nSPS) is 14.2. The molecule has 6 heteroatoms. The Hall–Kier alpha value is -0.680. The van der Waals surface area contributed by atoms with Crippen molar-refractivity contribution < 1.29 is 26.3 Å². The van der Waals surface area contributed by atoms with Gasteiger partial charge in [-0.1, -0.05) is 12.2 Å². The zero-order chi connectivity index (χ0) is 9.83. The van der Waals surface area contributed by atoms with Crippen molar-refractivity contribution in [2.75, 3.05) is 0 Å². The minimum Gasteiger partial charge on any atom is -0.171 e. The van der Waals surface area contributed by atoms with E-state index in [4.69, 9.17) is 0 Å². The van der Waals surface area contributed by atoms with Gasteiger partial charge in [-0.3, -0.25) is 0 Å². The van der Waals surface area contributed by atoms with Gasteiger partial charge in [0.15, 0.2) is 0 Å². The van der Waals surface area contributed by atoms with E-state index >= 15 is 0 Å². The molecule has 0 aromatic heterocycles. The zero-order valence-electron chi connectivity index (χ0n) is 5.84. The van der Waals surface area contributed by atoms with Crippen LogP contribution in [0.3, 0.4) is 0 Å². The highest BCUT2D eigenvalue weighted by Gasteiger charge is 2.27. The molecule has 0 amide bonds. The van der Waals surface area contributed by atoms with Gasteiger partial charge in [-0.05, 0) is 0 Å². The van der Waals surface area contributed by atoms with Gasteiger partial charge in [0.2, 0.25) is 0 Å². The van der Waals surface area contributed by atoms with Gasteiger partial charge in [0.05, 0.1) is 12.8 Å². The standard InChI is InChI=1S/C6H6F6/c7-5(8,9)3-1-2-4-6(10,11)12/h1-2H,3-4H2. The van der Waals surface area contributed by atoms with Crippen LogP contribution in [0, 0.1) is 0 Å². The second kappa shape index (κ2) is 3.82. The minimum atomic E-state index is -4.43. The third-order valence-corrected chi connectivity index (χ3v) is 0.865. The molecule has 12 heavy (non-hydrogen) atoms. The van der Waals surface area contributed by atoms with Crippen LogP contribution in [0.25, 0.3) is 0 Å². The highest BCUT2D eigenvalue weighted by molar-refractivity contribution is 4.85. The number of rotatable bonds is 2. The maximum absolute atomic E-state index is 11.3. The van der Waals surface area contributed by atoms with Gasteiger partial charge in [-0.25, -0.2) is 0 Å². The monoisotopic (exact) mass is 192 g/mol. The first-order chi connectivity index (χ1) is 5.21. The Labute approximate surface area is 64.9 Å². The Morgan fingerprint density at radius 1 is 0.667 bits per heavy atom. The number of hydrogen-bond acceptors (Lipinski definition) is 0. The van der Waals surface area contributed by atoms with Crippen LogP contribution in [0.1, 0.15) is 12.8 Å². The molecular formula is C6H6F6. The molecule has 0 aliphatic heterocycles. The van der Waals surface area contributed by atoms with Crippen LogP contribution in [0.15, 0.2) is 12.2 Å². The van der Waals surface area contributed by atoms with Crippen LogP contribution in [-0.4, -0.2) is 12.4 Å². The summed E-state index contributed by atoms with van der Waals surface area (Å²) in [6.45, 7) is 0. The van der Waals surface area contributed by atoms with E-state index in [1.165, 1.54) is 0 Å². The summed E-state index contributed by atoms with van der Waals surface area (Å²) in [7, 11) is 0. The second-order valence-corrected chi connectivity index (χ2v) is 2.11. The van der Waals surface area contributed by atoms with Crippen LogP contribution < -0.4 is 0 Å². The summed E-state index contributed by atoms with van der Waals surface area (Å²) in [5, 5.41) is 0. The maximum Gasteiger partial charge on any atom is 0.392 e. The molecule has 72 valence electrons. The quantitative estimate of drug-likeness (QED) is 0.464. The Morgan fingerprint density at radius 2 is 0.917 bits per heavy atom. The molecule has 0 fully saturated rings. The summed E-state index contributed by atoms with van der Waals surface area (Å²) in [5.74, 6) is 0. The lowest BCUT2D eigenvalue weighted by Gasteiger charge is -2.02. The summed E-state index contributed by atoms with van der Waals surface area (Å²) in [5.41, 5.74) is 0. The maximum atomic E-state index is 11.3. The summed E-state index contributed by atoms with van der Waals surface area (Å²) in [6.07, 6.45) is -10.6. The van der Waals surface area contributed by atoms with Gasteiger partial charge < -0.3 is 0 Å². The van der Waals surface area contributed by atoms with Gasteiger partial charge in [-0.2, -0.15) is 26.3 Å². The van der Waals surface area contributed by atoms with Crippen molar-refractivity contribution in [3.63, 3.8) is 0 Å². The van der Waals surface area contributed by atoms with Gasteiger partial charge in [0.1, 0.15) is 0 Å². The summed E-state index contributed by atoms with van der Waals surface area (Å²) in [4.78, 5) is 0. The Balaban J connectivity index is 3.66. The summed E-state index contributed by atoms with van der Waals surface area (Å²) < 4.78 is 68.1.